The number of hydrogen-bond acceptors (Lipinski definition) is 2. The lowest BCUT2D eigenvalue weighted by Gasteiger charge is -2.08. The third-order valence-corrected chi connectivity index (χ3v) is 2.22. The lowest BCUT2D eigenvalue weighted by molar-refractivity contribution is -0.173. The molecule has 0 saturated carbocycles. The van der Waals surface area contributed by atoms with Gasteiger partial charge in [0.1, 0.15) is 0 Å². The van der Waals surface area contributed by atoms with E-state index in [4.69, 9.17) is 0 Å². The SMILES string of the molecule is Cl.O=C(NCC#CCN1CCCC1)C(F)(F)F. The molecule has 0 aromatic heterocycles. The zero-order chi connectivity index (χ0) is 12.0. The number of alkyl halides is 3. The van der Waals surface area contributed by atoms with Gasteiger partial charge in [-0.2, -0.15) is 13.2 Å². The molecule has 1 fully saturated rings. The van der Waals surface area contributed by atoms with Crippen LogP contribution in [0.5, 0.6) is 0 Å². The molecule has 1 N–H and O–H groups in total. The van der Waals surface area contributed by atoms with E-state index in [-0.39, 0.29) is 19.0 Å². The highest BCUT2D eigenvalue weighted by Gasteiger charge is 2.38. The molecule has 1 saturated heterocycles. The summed E-state index contributed by atoms with van der Waals surface area (Å²) >= 11 is 0. The molecule has 0 radical (unpaired) electrons. The fraction of sp³-hybridized carbons (Fsp3) is 0.700. The highest BCUT2D eigenvalue weighted by molar-refractivity contribution is 5.85. The molecule has 0 atom stereocenters. The monoisotopic (exact) mass is 270 g/mol. The molecule has 3 nitrogen and oxygen atoms in total. The Bertz CT molecular complexity index is 303. The zero-order valence-electron chi connectivity index (χ0n) is 9.14. The molecule has 0 bridgehead atoms. The fourth-order valence-electron chi connectivity index (χ4n) is 1.40. The van der Waals surface area contributed by atoms with Crippen LogP contribution >= 0.6 is 12.4 Å². The van der Waals surface area contributed by atoms with E-state index in [1.54, 1.807) is 5.32 Å². The highest BCUT2D eigenvalue weighted by atomic mass is 35.5. The van der Waals surface area contributed by atoms with Crippen molar-refractivity contribution in [1.82, 2.24) is 10.2 Å². The summed E-state index contributed by atoms with van der Waals surface area (Å²) in [6.07, 6.45) is -2.53. The van der Waals surface area contributed by atoms with Gasteiger partial charge >= 0.3 is 12.1 Å². The van der Waals surface area contributed by atoms with Crippen molar-refractivity contribution in [1.29, 1.82) is 0 Å². The lowest BCUT2D eigenvalue weighted by Crippen LogP contribution is -2.36. The molecule has 1 heterocycles. The standard InChI is InChI=1S/C10H13F3N2O.ClH/c11-10(12,13)9(16)14-5-1-2-6-15-7-3-4-8-15;/h3-8H2,(H,14,16);1H. The predicted octanol–water partition coefficient (Wildman–Crippen LogP) is 1.19. The Morgan fingerprint density at radius 2 is 1.82 bits per heavy atom. The Hall–Kier alpha value is -0.930. The maximum atomic E-state index is 11.7. The van der Waals surface area contributed by atoms with E-state index in [1.165, 1.54) is 0 Å². The summed E-state index contributed by atoms with van der Waals surface area (Å²) in [6, 6.07) is 0. The van der Waals surface area contributed by atoms with Crippen LogP contribution in [0.25, 0.3) is 0 Å². The normalized spacial score (nSPS) is 15.7. The van der Waals surface area contributed by atoms with Crippen molar-refractivity contribution in [3.05, 3.63) is 0 Å². The van der Waals surface area contributed by atoms with Gasteiger partial charge in [0.25, 0.3) is 0 Å². The Morgan fingerprint density at radius 3 is 2.35 bits per heavy atom. The van der Waals surface area contributed by atoms with Crippen LogP contribution in [0.15, 0.2) is 0 Å². The average Bonchev–Trinajstić information content (AvgIpc) is 2.68. The largest absolute Gasteiger partial charge is 0.471 e. The van der Waals surface area contributed by atoms with Crippen LogP contribution in [-0.2, 0) is 4.79 Å². The summed E-state index contributed by atoms with van der Waals surface area (Å²) in [5.74, 6) is 3.28. The molecule has 17 heavy (non-hydrogen) atoms. The van der Waals surface area contributed by atoms with Crippen LogP contribution in [0.2, 0.25) is 0 Å². The van der Waals surface area contributed by atoms with Crippen LogP contribution in [0, 0.1) is 11.8 Å². The number of amides is 1. The third-order valence-electron chi connectivity index (χ3n) is 2.22. The molecule has 0 aromatic carbocycles. The average molecular weight is 271 g/mol. The number of rotatable bonds is 2. The smallest absolute Gasteiger partial charge is 0.337 e. The first-order valence-electron chi connectivity index (χ1n) is 5.03. The third kappa shape index (κ3) is 6.39. The maximum absolute atomic E-state index is 11.7. The Labute approximate surface area is 104 Å². The van der Waals surface area contributed by atoms with Crippen molar-refractivity contribution < 1.29 is 18.0 Å². The molecule has 0 spiro atoms. The second-order valence-electron chi connectivity index (χ2n) is 3.52. The van der Waals surface area contributed by atoms with Crippen LogP contribution in [-0.4, -0.2) is 43.2 Å². The van der Waals surface area contributed by atoms with E-state index >= 15 is 0 Å². The number of carbonyl (C=O) groups excluding carboxylic acids is 1. The number of nitrogens with one attached hydrogen (secondary N) is 1. The van der Waals surface area contributed by atoms with E-state index in [1.807, 2.05) is 0 Å². The molecule has 0 aliphatic carbocycles. The van der Waals surface area contributed by atoms with Crippen LogP contribution in [0.1, 0.15) is 12.8 Å². The molecule has 1 rings (SSSR count). The van der Waals surface area contributed by atoms with Gasteiger partial charge in [-0.1, -0.05) is 11.8 Å². The van der Waals surface area contributed by atoms with E-state index in [2.05, 4.69) is 16.7 Å². The van der Waals surface area contributed by atoms with Gasteiger partial charge in [0.05, 0.1) is 13.1 Å². The Balaban J connectivity index is 0.00000256. The number of carbonyl (C=O) groups is 1. The van der Waals surface area contributed by atoms with Crippen molar-refractivity contribution >= 4 is 18.3 Å². The lowest BCUT2D eigenvalue weighted by atomic mass is 10.4. The van der Waals surface area contributed by atoms with Gasteiger partial charge in [-0.05, 0) is 25.9 Å². The van der Waals surface area contributed by atoms with Crippen molar-refractivity contribution in [3.63, 3.8) is 0 Å². The summed E-state index contributed by atoms with van der Waals surface area (Å²) in [5.41, 5.74) is 0. The molecule has 7 heteroatoms. The fourth-order valence-corrected chi connectivity index (χ4v) is 1.40. The van der Waals surface area contributed by atoms with Gasteiger partial charge in [0.15, 0.2) is 0 Å². The van der Waals surface area contributed by atoms with Crippen LogP contribution in [0.3, 0.4) is 0 Å². The number of likely N-dealkylation sites (tertiary alicyclic amines) is 1. The molecular formula is C10H14ClF3N2O. The van der Waals surface area contributed by atoms with Crippen molar-refractivity contribution in [2.45, 2.75) is 19.0 Å². The minimum atomic E-state index is -4.82. The first-order chi connectivity index (χ1) is 7.50. The summed E-state index contributed by atoms with van der Waals surface area (Å²) in [4.78, 5) is 12.5. The van der Waals surface area contributed by atoms with E-state index in [0.717, 1.165) is 25.9 Å². The van der Waals surface area contributed by atoms with Gasteiger partial charge in [-0.3, -0.25) is 9.69 Å². The second-order valence-corrected chi connectivity index (χ2v) is 3.52. The van der Waals surface area contributed by atoms with E-state index in [9.17, 15) is 18.0 Å². The van der Waals surface area contributed by atoms with E-state index in [0.29, 0.717) is 6.54 Å². The molecular weight excluding hydrogens is 257 g/mol. The minimum absolute atomic E-state index is 0. The van der Waals surface area contributed by atoms with Crippen molar-refractivity contribution in [3.8, 4) is 11.8 Å². The first kappa shape index (κ1) is 16.1. The maximum Gasteiger partial charge on any atom is 0.471 e. The zero-order valence-corrected chi connectivity index (χ0v) is 9.96. The van der Waals surface area contributed by atoms with Gasteiger partial charge in [0, 0.05) is 0 Å². The number of nitrogens with zero attached hydrogens (tertiary/aromatic N) is 1. The van der Waals surface area contributed by atoms with Gasteiger partial charge in [-0.15, -0.1) is 12.4 Å². The number of halogens is 4. The van der Waals surface area contributed by atoms with Gasteiger partial charge in [-0.25, -0.2) is 0 Å². The van der Waals surface area contributed by atoms with Gasteiger partial charge < -0.3 is 5.32 Å². The van der Waals surface area contributed by atoms with Crippen LogP contribution in [0.4, 0.5) is 13.2 Å². The molecule has 1 aliphatic heterocycles. The molecule has 1 aliphatic rings. The van der Waals surface area contributed by atoms with E-state index < -0.39 is 12.1 Å². The topological polar surface area (TPSA) is 32.3 Å². The van der Waals surface area contributed by atoms with Gasteiger partial charge in [0.2, 0.25) is 0 Å². The summed E-state index contributed by atoms with van der Waals surface area (Å²) in [5, 5.41) is 1.69. The first-order valence-corrected chi connectivity index (χ1v) is 5.03. The van der Waals surface area contributed by atoms with Crippen molar-refractivity contribution in [2.24, 2.45) is 0 Å². The quantitative estimate of drug-likeness (QED) is 0.765. The van der Waals surface area contributed by atoms with Crippen LogP contribution < -0.4 is 5.32 Å². The molecule has 1 amide bonds. The Morgan fingerprint density at radius 1 is 1.24 bits per heavy atom. The van der Waals surface area contributed by atoms with Crippen molar-refractivity contribution in [2.75, 3.05) is 26.2 Å². The Kier molecular flexibility index (Phi) is 7.00. The minimum Gasteiger partial charge on any atom is -0.337 e. The summed E-state index contributed by atoms with van der Waals surface area (Å²) in [6.45, 7) is 2.28. The molecule has 0 aromatic rings. The second kappa shape index (κ2) is 7.41. The highest BCUT2D eigenvalue weighted by Crippen LogP contribution is 2.13. The molecule has 98 valence electrons. The number of hydrogen-bond donors (Lipinski definition) is 1. The summed E-state index contributed by atoms with van der Waals surface area (Å²) in [7, 11) is 0. The molecule has 0 unspecified atom stereocenters. The predicted molar refractivity (Wildman–Crippen MR) is 59.8 cm³/mol. The summed E-state index contributed by atoms with van der Waals surface area (Å²) < 4.78 is 35.2.